The Balaban J connectivity index is 1.70. The number of amides is 1. The number of carbonyl (C=O) groups is 1. The third-order valence-corrected chi connectivity index (χ3v) is 4.54. The molecule has 0 aromatic heterocycles. The van der Waals surface area contributed by atoms with Gasteiger partial charge in [0.15, 0.2) is 0 Å². The number of rotatable bonds is 8. The highest BCUT2D eigenvalue weighted by Crippen LogP contribution is 2.16. The Kier molecular flexibility index (Phi) is 6.78. The van der Waals surface area contributed by atoms with Gasteiger partial charge in [0.25, 0.3) is 0 Å². The molecular weight excluding hydrogens is 332 g/mol. The lowest BCUT2D eigenvalue weighted by atomic mass is 10.1. The number of hydrogen-bond donors (Lipinski definition) is 1. The second kappa shape index (κ2) is 9.70. The van der Waals surface area contributed by atoms with Crippen LogP contribution >= 0.6 is 0 Å². The topological polar surface area (TPSA) is 32.3 Å². The number of para-hydroxylation sites is 1. The minimum absolute atomic E-state index is 0.0164. The smallest absolute Gasteiger partial charge is 0.238 e. The number of nitrogens with zero attached hydrogens (tertiary/aromatic N) is 1. The summed E-state index contributed by atoms with van der Waals surface area (Å²) in [5, 5.41) is 3.08. The molecule has 138 valence electrons. The van der Waals surface area contributed by atoms with Crippen molar-refractivity contribution in [1.82, 2.24) is 4.90 Å². The molecule has 3 aromatic carbocycles. The van der Waals surface area contributed by atoms with Crippen LogP contribution in [0.25, 0.3) is 0 Å². The summed E-state index contributed by atoms with van der Waals surface area (Å²) >= 11 is 0. The molecule has 0 fully saturated rings. The van der Waals surface area contributed by atoms with E-state index >= 15 is 0 Å². The van der Waals surface area contributed by atoms with E-state index in [1.165, 1.54) is 11.1 Å². The summed E-state index contributed by atoms with van der Waals surface area (Å²) in [6.07, 6.45) is 0.897. The van der Waals surface area contributed by atoms with Crippen LogP contribution in [0.1, 0.15) is 23.6 Å². The number of aryl methyl sites for hydroxylation is 1. The van der Waals surface area contributed by atoms with Crippen molar-refractivity contribution in [3.63, 3.8) is 0 Å². The first-order chi connectivity index (χ1) is 13.2. The first-order valence-electron chi connectivity index (χ1n) is 9.42. The molecule has 3 aromatic rings. The Labute approximate surface area is 161 Å². The van der Waals surface area contributed by atoms with Crippen LogP contribution in [0.15, 0.2) is 84.9 Å². The van der Waals surface area contributed by atoms with Gasteiger partial charge in [-0.1, -0.05) is 85.8 Å². The summed E-state index contributed by atoms with van der Waals surface area (Å²) in [6, 6.07) is 28.6. The van der Waals surface area contributed by atoms with E-state index in [-0.39, 0.29) is 5.91 Å². The summed E-state index contributed by atoms with van der Waals surface area (Å²) in [6.45, 7) is 3.92. The van der Waals surface area contributed by atoms with E-state index < -0.39 is 0 Å². The second-order valence-corrected chi connectivity index (χ2v) is 6.68. The summed E-state index contributed by atoms with van der Waals surface area (Å²) < 4.78 is 0. The first-order valence-corrected chi connectivity index (χ1v) is 9.42. The Hall–Kier alpha value is -2.91. The Morgan fingerprint density at radius 3 is 1.85 bits per heavy atom. The molecule has 0 unspecified atom stereocenters. The van der Waals surface area contributed by atoms with Gasteiger partial charge in [0.2, 0.25) is 5.91 Å². The molecule has 0 heterocycles. The van der Waals surface area contributed by atoms with Gasteiger partial charge in [-0.2, -0.15) is 0 Å². The number of anilines is 1. The largest absolute Gasteiger partial charge is 0.325 e. The van der Waals surface area contributed by atoms with Gasteiger partial charge in [-0.25, -0.2) is 0 Å². The van der Waals surface area contributed by atoms with Gasteiger partial charge in [-0.3, -0.25) is 9.69 Å². The van der Waals surface area contributed by atoms with E-state index in [9.17, 15) is 4.79 Å². The van der Waals surface area contributed by atoms with Crippen molar-refractivity contribution in [2.45, 2.75) is 26.4 Å². The molecule has 0 aliphatic heterocycles. The van der Waals surface area contributed by atoms with Crippen molar-refractivity contribution in [2.75, 3.05) is 11.9 Å². The molecular formula is C24H26N2O. The van der Waals surface area contributed by atoms with Gasteiger partial charge in [-0.15, -0.1) is 0 Å². The molecule has 1 N–H and O–H groups in total. The van der Waals surface area contributed by atoms with Crippen molar-refractivity contribution in [3.05, 3.63) is 102 Å². The van der Waals surface area contributed by atoms with E-state index in [4.69, 9.17) is 0 Å². The number of hydrogen-bond acceptors (Lipinski definition) is 2. The highest BCUT2D eigenvalue weighted by atomic mass is 16.2. The standard InChI is InChI=1S/C24H26N2O/c1-2-22-15-9-10-16-23(22)25-24(27)19-26(17-20-11-5-3-6-12-20)18-21-13-7-4-8-14-21/h3-16H,2,17-19H2,1H3,(H,25,27). The minimum atomic E-state index is 0.0164. The molecule has 0 aliphatic rings. The van der Waals surface area contributed by atoms with Crippen LogP contribution in [0.4, 0.5) is 5.69 Å². The highest BCUT2D eigenvalue weighted by Gasteiger charge is 2.13. The van der Waals surface area contributed by atoms with E-state index in [0.29, 0.717) is 6.54 Å². The highest BCUT2D eigenvalue weighted by molar-refractivity contribution is 5.93. The van der Waals surface area contributed by atoms with Crippen LogP contribution < -0.4 is 5.32 Å². The lowest BCUT2D eigenvalue weighted by molar-refractivity contribution is -0.117. The van der Waals surface area contributed by atoms with Crippen LogP contribution in [0.5, 0.6) is 0 Å². The summed E-state index contributed by atoms with van der Waals surface area (Å²) in [5.74, 6) is 0.0164. The SMILES string of the molecule is CCc1ccccc1NC(=O)CN(Cc1ccccc1)Cc1ccccc1. The molecule has 0 aliphatic carbocycles. The fraction of sp³-hybridized carbons (Fsp3) is 0.208. The van der Waals surface area contributed by atoms with E-state index in [2.05, 4.69) is 47.5 Å². The lowest BCUT2D eigenvalue weighted by Crippen LogP contribution is -2.32. The van der Waals surface area contributed by atoms with Crippen LogP contribution in [0.2, 0.25) is 0 Å². The maximum absolute atomic E-state index is 12.7. The Morgan fingerprint density at radius 2 is 1.30 bits per heavy atom. The molecule has 3 nitrogen and oxygen atoms in total. The zero-order valence-electron chi connectivity index (χ0n) is 15.8. The third-order valence-electron chi connectivity index (χ3n) is 4.54. The fourth-order valence-corrected chi connectivity index (χ4v) is 3.19. The van der Waals surface area contributed by atoms with Gasteiger partial charge in [0.05, 0.1) is 6.54 Å². The molecule has 0 bridgehead atoms. The predicted octanol–water partition coefficient (Wildman–Crippen LogP) is 4.89. The molecule has 0 saturated carbocycles. The van der Waals surface area contributed by atoms with E-state index in [1.807, 2.05) is 54.6 Å². The van der Waals surface area contributed by atoms with E-state index in [0.717, 1.165) is 30.8 Å². The first kappa shape index (κ1) is 18.9. The second-order valence-electron chi connectivity index (χ2n) is 6.68. The van der Waals surface area contributed by atoms with Crippen molar-refractivity contribution < 1.29 is 4.79 Å². The lowest BCUT2D eigenvalue weighted by Gasteiger charge is -2.22. The van der Waals surface area contributed by atoms with Crippen molar-refractivity contribution in [2.24, 2.45) is 0 Å². The average Bonchev–Trinajstić information content (AvgIpc) is 2.70. The molecule has 0 spiro atoms. The van der Waals surface area contributed by atoms with Crippen LogP contribution in [0, 0.1) is 0 Å². The van der Waals surface area contributed by atoms with Crippen LogP contribution in [-0.2, 0) is 24.3 Å². The maximum Gasteiger partial charge on any atom is 0.238 e. The van der Waals surface area contributed by atoms with Gasteiger partial charge >= 0.3 is 0 Å². The number of benzene rings is 3. The molecule has 3 heteroatoms. The van der Waals surface area contributed by atoms with Gasteiger partial charge in [0, 0.05) is 18.8 Å². The number of nitrogens with one attached hydrogen (secondary N) is 1. The van der Waals surface area contributed by atoms with Crippen molar-refractivity contribution >= 4 is 11.6 Å². The van der Waals surface area contributed by atoms with Crippen molar-refractivity contribution in [3.8, 4) is 0 Å². The maximum atomic E-state index is 12.7. The zero-order valence-corrected chi connectivity index (χ0v) is 15.8. The molecule has 27 heavy (non-hydrogen) atoms. The number of carbonyl (C=O) groups excluding carboxylic acids is 1. The van der Waals surface area contributed by atoms with E-state index in [1.54, 1.807) is 0 Å². The summed E-state index contributed by atoms with van der Waals surface area (Å²) in [7, 11) is 0. The van der Waals surface area contributed by atoms with Gasteiger partial charge in [0.1, 0.15) is 0 Å². The van der Waals surface area contributed by atoms with Gasteiger partial charge in [-0.05, 0) is 29.2 Å². The summed E-state index contributed by atoms with van der Waals surface area (Å²) in [5.41, 5.74) is 4.47. The molecule has 1 amide bonds. The average molecular weight is 358 g/mol. The minimum Gasteiger partial charge on any atom is -0.325 e. The molecule has 3 rings (SSSR count). The van der Waals surface area contributed by atoms with Crippen molar-refractivity contribution in [1.29, 1.82) is 0 Å². The predicted molar refractivity (Wildman–Crippen MR) is 111 cm³/mol. The zero-order chi connectivity index (χ0) is 18.9. The third kappa shape index (κ3) is 5.80. The monoisotopic (exact) mass is 358 g/mol. The molecule has 0 radical (unpaired) electrons. The normalized spacial score (nSPS) is 10.7. The quantitative estimate of drug-likeness (QED) is 0.622. The Bertz CT molecular complexity index is 805. The fourth-order valence-electron chi connectivity index (χ4n) is 3.19. The summed E-state index contributed by atoms with van der Waals surface area (Å²) in [4.78, 5) is 14.9. The molecule has 0 saturated heterocycles. The van der Waals surface area contributed by atoms with Gasteiger partial charge < -0.3 is 5.32 Å². The molecule has 0 atom stereocenters. The van der Waals surface area contributed by atoms with Crippen LogP contribution in [0.3, 0.4) is 0 Å². The van der Waals surface area contributed by atoms with Crippen LogP contribution in [-0.4, -0.2) is 17.4 Å². The Morgan fingerprint density at radius 1 is 0.778 bits per heavy atom.